The highest BCUT2D eigenvalue weighted by atomic mass is 79.9. The molecule has 0 spiro atoms. The predicted octanol–water partition coefficient (Wildman–Crippen LogP) is 4.62. The molecule has 5 nitrogen and oxygen atoms in total. The highest BCUT2D eigenvalue weighted by Gasteiger charge is 2.32. The quantitative estimate of drug-likeness (QED) is 0.581. The largest absolute Gasteiger partial charge is 0.490 e. The molecule has 0 aliphatic carbocycles. The summed E-state index contributed by atoms with van der Waals surface area (Å²) in [6.07, 6.45) is 0. The molecule has 1 saturated heterocycles. The van der Waals surface area contributed by atoms with Crippen LogP contribution in [0.15, 0.2) is 34.8 Å². The number of aryl methyl sites for hydroxylation is 2. The van der Waals surface area contributed by atoms with Crippen LogP contribution in [0.2, 0.25) is 0 Å². The van der Waals surface area contributed by atoms with Gasteiger partial charge in [-0.15, -0.1) is 11.8 Å². The number of carboxylic acids is 1. The number of aliphatic carboxylic acids is 1. The average Bonchev–Trinajstić information content (AvgIpc) is 3.15. The number of carboxylic acid groups (broad SMARTS) is 1. The molecule has 2 aromatic rings. The van der Waals surface area contributed by atoms with Crippen molar-refractivity contribution in [3.63, 3.8) is 0 Å². The minimum Gasteiger partial charge on any atom is -0.490 e. The molecule has 0 amide bonds. The standard InChI is InChI=1S/C21H24BrNO4S/c1-12-4-5-13(2)19(14(12)3)27-9-8-26-18-7-6-15(22)10-16(18)20-23-17(11-28-20)21(24)25/h4-7,10,17,20,23H,8-9,11H2,1-3H3,(H,24,25). The zero-order valence-corrected chi connectivity index (χ0v) is 18.5. The maximum absolute atomic E-state index is 11.2. The summed E-state index contributed by atoms with van der Waals surface area (Å²) in [4.78, 5) is 11.2. The molecule has 2 N–H and O–H groups in total. The van der Waals surface area contributed by atoms with Crippen molar-refractivity contribution in [3.8, 4) is 11.5 Å². The molecule has 0 saturated carbocycles. The maximum atomic E-state index is 11.2. The second kappa shape index (κ2) is 9.20. The smallest absolute Gasteiger partial charge is 0.321 e. The molecule has 1 aliphatic rings. The Labute approximate surface area is 177 Å². The van der Waals surface area contributed by atoms with E-state index in [1.807, 2.05) is 25.1 Å². The summed E-state index contributed by atoms with van der Waals surface area (Å²) < 4.78 is 12.9. The lowest BCUT2D eigenvalue weighted by molar-refractivity contribution is -0.138. The van der Waals surface area contributed by atoms with Gasteiger partial charge >= 0.3 is 5.97 Å². The Morgan fingerprint density at radius 3 is 2.61 bits per heavy atom. The van der Waals surface area contributed by atoms with Gasteiger partial charge in [0.05, 0.1) is 5.37 Å². The minimum absolute atomic E-state index is 0.115. The number of nitrogens with one attached hydrogen (secondary N) is 1. The van der Waals surface area contributed by atoms with Gasteiger partial charge < -0.3 is 14.6 Å². The average molecular weight is 466 g/mol. The Kier molecular flexibility index (Phi) is 6.91. The third-order valence-electron chi connectivity index (χ3n) is 4.80. The highest BCUT2D eigenvalue weighted by Crippen LogP contribution is 2.39. The first-order valence-corrected chi connectivity index (χ1v) is 10.9. The van der Waals surface area contributed by atoms with Crippen LogP contribution in [0.25, 0.3) is 0 Å². The molecule has 1 fully saturated rings. The topological polar surface area (TPSA) is 67.8 Å². The third-order valence-corrected chi connectivity index (χ3v) is 6.54. The zero-order valence-electron chi connectivity index (χ0n) is 16.1. The third kappa shape index (κ3) is 4.82. The number of rotatable bonds is 7. The normalized spacial score (nSPS) is 18.9. The summed E-state index contributed by atoms with van der Waals surface area (Å²) in [6, 6.07) is 9.41. The van der Waals surface area contributed by atoms with E-state index >= 15 is 0 Å². The van der Waals surface area contributed by atoms with Crippen molar-refractivity contribution in [1.82, 2.24) is 5.32 Å². The van der Waals surface area contributed by atoms with Crippen LogP contribution in [-0.4, -0.2) is 36.1 Å². The number of hydrogen-bond acceptors (Lipinski definition) is 5. The predicted molar refractivity (Wildman–Crippen MR) is 116 cm³/mol. The van der Waals surface area contributed by atoms with E-state index in [-0.39, 0.29) is 5.37 Å². The fourth-order valence-electron chi connectivity index (χ4n) is 3.09. The fraction of sp³-hybridized carbons (Fsp3) is 0.381. The van der Waals surface area contributed by atoms with Gasteiger partial charge in [-0.2, -0.15) is 0 Å². The minimum atomic E-state index is -0.829. The number of ether oxygens (including phenoxy) is 2. The van der Waals surface area contributed by atoms with Crippen molar-refractivity contribution in [2.75, 3.05) is 19.0 Å². The van der Waals surface area contributed by atoms with E-state index in [1.54, 1.807) is 11.8 Å². The lowest BCUT2D eigenvalue weighted by atomic mass is 10.1. The Morgan fingerprint density at radius 2 is 1.89 bits per heavy atom. The summed E-state index contributed by atoms with van der Waals surface area (Å²) in [5, 5.41) is 12.2. The molecule has 28 heavy (non-hydrogen) atoms. The van der Waals surface area contributed by atoms with E-state index in [9.17, 15) is 9.90 Å². The van der Waals surface area contributed by atoms with Gasteiger partial charge in [-0.25, -0.2) is 0 Å². The van der Waals surface area contributed by atoms with Crippen LogP contribution < -0.4 is 14.8 Å². The van der Waals surface area contributed by atoms with E-state index < -0.39 is 12.0 Å². The lowest BCUT2D eigenvalue weighted by Gasteiger charge is -2.18. The first-order valence-electron chi connectivity index (χ1n) is 9.09. The summed E-state index contributed by atoms with van der Waals surface area (Å²) in [5.41, 5.74) is 4.40. The number of halogens is 1. The van der Waals surface area contributed by atoms with Gasteiger partial charge in [-0.05, 0) is 55.7 Å². The molecule has 0 aromatic heterocycles. The van der Waals surface area contributed by atoms with Crippen LogP contribution in [0.3, 0.4) is 0 Å². The van der Waals surface area contributed by atoms with Crippen LogP contribution in [0.5, 0.6) is 11.5 Å². The van der Waals surface area contributed by atoms with Gasteiger partial charge in [0.2, 0.25) is 0 Å². The van der Waals surface area contributed by atoms with Crippen LogP contribution in [0.1, 0.15) is 27.6 Å². The second-order valence-corrected chi connectivity index (χ2v) is 8.86. The van der Waals surface area contributed by atoms with E-state index in [1.165, 1.54) is 5.56 Å². The van der Waals surface area contributed by atoms with Crippen molar-refractivity contribution in [2.24, 2.45) is 0 Å². The first-order chi connectivity index (χ1) is 13.4. The van der Waals surface area contributed by atoms with E-state index in [0.717, 1.165) is 32.7 Å². The summed E-state index contributed by atoms with van der Waals surface area (Å²) in [7, 11) is 0. The Morgan fingerprint density at radius 1 is 1.18 bits per heavy atom. The van der Waals surface area contributed by atoms with Gasteiger partial charge in [-0.3, -0.25) is 10.1 Å². The number of hydrogen-bond donors (Lipinski definition) is 2. The molecule has 7 heteroatoms. The van der Waals surface area contributed by atoms with E-state index in [4.69, 9.17) is 9.47 Å². The summed E-state index contributed by atoms with van der Waals surface area (Å²) >= 11 is 5.06. The molecule has 0 bridgehead atoms. The SMILES string of the molecule is Cc1ccc(C)c(OCCOc2ccc(Br)cc2C2NC(C(=O)O)CS2)c1C. The van der Waals surface area contributed by atoms with Gasteiger partial charge in [-0.1, -0.05) is 28.1 Å². The van der Waals surface area contributed by atoms with Crippen molar-refractivity contribution in [1.29, 1.82) is 0 Å². The molecule has 0 radical (unpaired) electrons. The molecule has 1 aliphatic heterocycles. The monoisotopic (exact) mass is 465 g/mol. The van der Waals surface area contributed by atoms with Crippen LogP contribution in [0.4, 0.5) is 0 Å². The number of carbonyl (C=O) groups is 1. The molecule has 1 heterocycles. The van der Waals surface area contributed by atoms with Crippen molar-refractivity contribution in [2.45, 2.75) is 32.2 Å². The van der Waals surface area contributed by atoms with Crippen LogP contribution in [-0.2, 0) is 4.79 Å². The van der Waals surface area contributed by atoms with Crippen LogP contribution in [0, 0.1) is 20.8 Å². The maximum Gasteiger partial charge on any atom is 0.321 e. The van der Waals surface area contributed by atoms with Gasteiger partial charge in [0.25, 0.3) is 0 Å². The molecule has 3 rings (SSSR count). The zero-order chi connectivity index (χ0) is 20.3. The van der Waals surface area contributed by atoms with E-state index in [0.29, 0.717) is 19.0 Å². The molecular formula is C21H24BrNO4S. The Hall–Kier alpha value is -1.70. The molecule has 2 unspecified atom stereocenters. The number of benzene rings is 2. The Bertz CT molecular complexity index is 874. The van der Waals surface area contributed by atoms with Gasteiger partial charge in [0.1, 0.15) is 30.8 Å². The van der Waals surface area contributed by atoms with Crippen molar-refractivity contribution in [3.05, 3.63) is 57.1 Å². The molecule has 2 aromatic carbocycles. The van der Waals surface area contributed by atoms with Gasteiger partial charge in [0, 0.05) is 15.8 Å². The fourth-order valence-corrected chi connectivity index (χ4v) is 4.72. The van der Waals surface area contributed by atoms with Gasteiger partial charge in [0.15, 0.2) is 0 Å². The van der Waals surface area contributed by atoms with Crippen molar-refractivity contribution >= 4 is 33.7 Å². The summed E-state index contributed by atoms with van der Waals surface area (Å²) in [5.74, 6) is 1.35. The molecular weight excluding hydrogens is 442 g/mol. The van der Waals surface area contributed by atoms with Crippen molar-refractivity contribution < 1.29 is 19.4 Å². The van der Waals surface area contributed by atoms with E-state index in [2.05, 4.69) is 47.2 Å². The molecule has 2 atom stereocenters. The Balaban J connectivity index is 1.64. The summed E-state index contributed by atoms with van der Waals surface area (Å²) in [6.45, 7) is 7.01. The number of thioether (sulfide) groups is 1. The second-order valence-electron chi connectivity index (χ2n) is 6.80. The lowest BCUT2D eigenvalue weighted by Crippen LogP contribution is -2.33. The highest BCUT2D eigenvalue weighted by molar-refractivity contribution is 9.10. The molecule has 150 valence electrons. The first kappa shape index (κ1) is 21.0. The van der Waals surface area contributed by atoms with Crippen LogP contribution >= 0.6 is 27.7 Å².